The molecule has 2 aromatic rings. The molecular formula is C14H13F2N3O. The number of halogens is 2. The van der Waals surface area contributed by atoms with Gasteiger partial charge in [0, 0.05) is 18.3 Å². The molecule has 0 spiro atoms. The molecule has 0 unspecified atom stereocenters. The van der Waals surface area contributed by atoms with Crippen molar-refractivity contribution in [2.75, 3.05) is 17.2 Å². The Morgan fingerprint density at radius 3 is 2.85 bits per heavy atom. The zero-order valence-corrected chi connectivity index (χ0v) is 10.8. The highest BCUT2D eigenvalue weighted by molar-refractivity contribution is 6.04. The monoisotopic (exact) mass is 277 g/mol. The molecule has 0 atom stereocenters. The van der Waals surface area contributed by atoms with Crippen LogP contribution in [0.4, 0.5) is 20.3 Å². The van der Waals surface area contributed by atoms with E-state index in [1.807, 2.05) is 6.92 Å². The van der Waals surface area contributed by atoms with Crippen LogP contribution in [0.2, 0.25) is 0 Å². The maximum Gasteiger partial charge on any atom is 0.255 e. The first-order valence-electron chi connectivity index (χ1n) is 6.07. The van der Waals surface area contributed by atoms with Crippen molar-refractivity contribution in [3.63, 3.8) is 0 Å². The fraction of sp³-hybridized carbons (Fsp3) is 0.143. The predicted molar refractivity (Wildman–Crippen MR) is 72.7 cm³/mol. The highest BCUT2D eigenvalue weighted by Gasteiger charge is 2.12. The van der Waals surface area contributed by atoms with Gasteiger partial charge in [-0.05, 0) is 31.2 Å². The molecular weight excluding hydrogens is 264 g/mol. The fourth-order valence-electron chi connectivity index (χ4n) is 1.64. The maximum absolute atomic E-state index is 13.5. The van der Waals surface area contributed by atoms with E-state index in [1.54, 1.807) is 0 Å². The van der Waals surface area contributed by atoms with Crippen molar-refractivity contribution in [2.45, 2.75) is 6.92 Å². The molecule has 0 aliphatic rings. The van der Waals surface area contributed by atoms with Gasteiger partial charge in [0.05, 0.1) is 5.69 Å². The van der Waals surface area contributed by atoms with Crippen molar-refractivity contribution in [2.24, 2.45) is 0 Å². The van der Waals surface area contributed by atoms with Crippen molar-refractivity contribution in [3.05, 3.63) is 53.7 Å². The number of hydrogen-bond acceptors (Lipinski definition) is 3. The predicted octanol–water partition coefficient (Wildman–Crippen LogP) is 3.04. The van der Waals surface area contributed by atoms with E-state index in [9.17, 15) is 13.6 Å². The first-order valence-corrected chi connectivity index (χ1v) is 6.07. The number of aromatic nitrogens is 1. The van der Waals surface area contributed by atoms with Gasteiger partial charge in [0.2, 0.25) is 0 Å². The second kappa shape index (κ2) is 6.10. The van der Waals surface area contributed by atoms with Gasteiger partial charge in [-0.3, -0.25) is 4.79 Å². The van der Waals surface area contributed by atoms with Crippen molar-refractivity contribution in [3.8, 4) is 0 Å². The van der Waals surface area contributed by atoms with Crippen LogP contribution in [-0.2, 0) is 0 Å². The number of pyridine rings is 1. The van der Waals surface area contributed by atoms with Crippen molar-refractivity contribution < 1.29 is 13.6 Å². The minimum absolute atomic E-state index is 0.197. The second-order valence-electron chi connectivity index (χ2n) is 4.02. The third-order valence-corrected chi connectivity index (χ3v) is 2.58. The van der Waals surface area contributed by atoms with Crippen LogP contribution in [0.15, 0.2) is 36.5 Å². The highest BCUT2D eigenvalue weighted by Crippen LogP contribution is 2.18. The van der Waals surface area contributed by atoms with Crippen LogP contribution in [0.1, 0.15) is 17.3 Å². The molecule has 0 saturated heterocycles. The Morgan fingerprint density at radius 2 is 2.10 bits per heavy atom. The van der Waals surface area contributed by atoms with Crippen LogP contribution in [-0.4, -0.2) is 17.4 Å². The van der Waals surface area contributed by atoms with Gasteiger partial charge >= 0.3 is 0 Å². The van der Waals surface area contributed by atoms with E-state index in [1.165, 1.54) is 30.5 Å². The lowest BCUT2D eigenvalue weighted by Crippen LogP contribution is -2.14. The van der Waals surface area contributed by atoms with Crippen molar-refractivity contribution in [1.29, 1.82) is 0 Å². The van der Waals surface area contributed by atoms with E-state index in [0.29, 0.717) is 17.9 Å². The van der Waals surface area contributed by atoms with E-state index >= 15 is 0 Å². The Morgan fingerprint density at radius 1 is 1.30 bits per heavy atom. The lowest BCUT2D eigenvalue weighted by atomic mass is 10.2. The zero-order chi connectivity index (χ0) is 14.5. The molecule has 1 aromatic heterocycles. The van der Waals surface area contributed by atoms with Gasteiger partial charge < -0.3 is 10.6 Å². The minimum Gasteiger partial charge on any atom is -0.370 e. The summed E-state index contributed by atoms with van der Waals surface area (Å²) in [6, 6.07) is 6.64. The van der Waals surface area contributed by atoms with E-state index in [2.05, 4.69) is 15.6 Å². The van der Waals surface area contributed by atoms with E-state index < -0.39 is 17.5 Å². The summed E-state index contributed by atoms with van der Waals surface area (Å²) >= 11 is 0. The molecule has 0 aliphatic heterocycles. The molecule has 1 aromatic carbocycles. The molecule has 1 amide bonds. The molecule has 0 bridgehead atoms. The van der Waals surface area contributed by atoms with Gasteiger partial charge in [0.25, 0.3) is 5.91 Å². The summed E-state index contributed by atoms with van der Waals surface area (Å²) in [5.41, 5.74) is 0.108. The average Bonchev–Trinajstić information content (AvgIpc) is 2.44. The largest absolute Gasteiger partial charge is 0.370 e. The van der Waals surface area contributed by atoms with Crippen LogP contribution in [0.5, 0.6) is 0 Å². The second-order valence-corrected chi connectivity index (χ2v) is 4.02. The summed E-state index contributed by atoms with van der Waals surface area (Å²) in [6.07, 6.45) is 1.47. The molecule has 0 aliphatic carbocycles. The Labute approximate surface area is 114 Å². The molecule has 0 saturated carbocycles. The number of benzene rings is 1. The molecule has 104 valence electrons. The summed E-state index contributed by atoms with van der Waals surface area (Å²) in [5.74, 6) is -2.08. The number of amides is 1. The van der Waals surface area contributed by atoms with E-state index in [4.69, 9.17) is 0 Å². The summed E-state index contributed by atoms with van der Waals surface area (Å²) in [7, 11) is 0. The zero-order valence-electron chi connectivity index (χ0n) is 10.8. The molecule has 4 nitrogen and oxygen atoms in total. The molecule has 1 heterocycles. The smallest absolute Gasteiger partial charge is 0.255 e. The Hall–Kier alpha value is -2.50. The highest BCUT2D eigenvalue weighted by atomic mass is 19.2. The van der Waals surface area contributed by atoms with E-state index in [0.717, 1.165) is 6.07 Å². The van der Waals surface area contributed by atoms with Crippen LogP contribution in [0, 0.1) is 11.6 Å². The number of nitrogens with zero attached hydrogens (tertiary/aromatic N) is 1. The Balaban J connectivity index is 2.19. The topological polar surface area (TPSA) is 54.0 Å². The van der Waals surface area contributed by atoms with Gasteiger partial charge in [-0.2, -0.15) is 0 Å². The molecule has 0 radical (unpaired) electrons. The lowest BCUT2D eigenvalue weighted by Gasteiger charge is -2.08. The normalized spacial score (nSPS) is 10.2. The number of nitrogens with one attached hydrogen (secondary N) is 2. The van der Waals surface area contributed by atoms with Gasteiger partial charge in [-0.15, -0.1) is 0 Å². The summed E-state index contributed by atoms with van der Waals surface area (Å²) < 4.78 is 26.5. The summed E-state index contributed by atoms with van der Waals surface area (Å²) in [5, 5.41) is 5.29. The van der Waals surface area contributed by atoms with Crippen LogP contribution < -0.4 is 10.6 Å². The van der Waals surface area contributed by atoms with Crippen LogP contribution in [0.25, 0.3) is 0 Å². The number of hydrogen-bond donors (Lipinski definition) is 2. The standard InChI is InChI=1S/C14H13F2N3O/c1-2-17-12-8-9(6-7-18-12)14(20)19-11-5-3-4-10(15)13(11)16/h3-8H,2H2,1H3,(H,17,18)(H,19,20). The third kappa shape index (κ3) is 3.09. The average molecular weight is 277 g/mol. The number of carbonyl (C=O) groups excluding carboxylic acids is 1. The van der Waals surface area contributed by atoms with Gasteiger partial charge in [-0.1, -0.05) is 6.07 Å². The first-order chi connectivity index (χ1) is 9.61. The summed E-state index contributed by atoms with van der Waals surface area (Å²) in [4.78, 5) is 16.0. The first kappa shape index (κ1) is 13.9. The molecule has 2 rings (SSSR count). The fourth-order valence-corrected chi connectivity index (χ4v) is 1.64. The van der Waals surface area contributed by atoms with E-state index in [-0.39, 0.29) is 5.69 Å². The molecule has 2 N–H and O–H groups in total. The quantitative estimate of drug-likeness (QED) is 0.903. The Kier molecular flexibility index (Phi) is 4.24. The number of rotatable bonds is 4. The van der Waals surface area contributed by atoms with Gasteiger partial charge in [0.15, 0.2) is 11.6 Å². The van der Waals surface area contributed by atoms with Crippen molar-refractivity contribution >= 4 is 17.4 Å². The molecule has 0 fully saturated rings. The SMILES string of the molecule is CCNc1cc(C(=O)Nc2cccc(F)c2F)ccn1. The number of carbonyl (C=O) groups is 1. The number of anilines is 2. The minimum atomic E-state index is -1.08. The van der Waals surface area contributed by atoms with Gasteiger partial charge in [0.1, 0.15) is 5.82 Å². The molecule has 20 heavy (non-hydrogen) atoms. The summed E-state index contributed by atoms with van der Waals surface area (Å²) in [6.45, 7) is 2.56. The maximum atomic E-state index is 13.5. The van der Waals surface area contributed by atoms with Crippen LogP contribution >= 0.6 is 0 Å². The third-order valence-electron chi connectivity index (χ3n) is 2.58. The van der Waals surface area contributed by atoms with Crippen molar-refractivity contribution in [1.82, 2.24) is 4.98 Å². The Bertz CT molecular complexity index is 632. The lowest BCUT2D eigenvalue weighted by molar-refractivity contribution is 0.102. The van der Waals surface area contributed by atoms with Crippen LogP contribution in [0.3, 0.4) is 0 Å². The van der Waals surface area contributed by atoms with Gasteiger partial charge in [-0.25, -0.2) is 13.8 Å². The molecule has 6 heteroatoms.